The van der Waals surface area contributed by atoms with Gasteiger partial charge < -0.3 is 14.6 Å². The number of halogens is 1. The summed E-state index contributed by atoms with van der Waals surface area (Å²) in [5.41, 5.74) is 1.96. The van der Waals surface area contributed by atoms with Crippen molar-refractivity contribution >= 4 is 17.2 Å². The molecule has 0 aliphatic rings. The van der Waals surface area contributed by atoms with Crippen LogP contribution >= 0.6 is 11.6 Å². The average molecular weight is 253 g/mol. The van der Waals surface area contributed by atoms with Crippen LogP contribution in [-0.2, 0) is 6.54 Å². The average Bonchev–Trinajstić information content (AvgIpc) is 2.66. The maximum atomic E-state index is 5.92. The van der Waals surface area contributed by atoms with Gasteiger partial charge in [0.1, 0.15) is 5.65 Å². The smallest absolute Gasteiger partial charge is 0.137 e. The fourth-order valence-electron chi connectivity index (χ4n) is 1.62. The van der Waals surface area contributed by atoms with Crippen LogP contribution in [-0.4, -0.2) is 41.5 Å². The Bertz CT molecular complexity index is 492. The number of nitrogens with zero attached hydrogens (tertiary/aromatic N) is 3. The highest BCUT2D eigenvalue weighted by atomic mass is 35.5. The maximum absolute atomic E-state index is 5.92. The topological polar surface area (TPSA) is 32.6 Å². The van der Waals surface area contributed by atoms with E-state index >= 15 is 0 Å². The molecule has 0 bridgehead atoms. The molecule has 17 heavy (non-hydrogen) atoms. The highest BCUT2D eigenvalue weighted by molar-refractivity contribution is 6.30. The molecule has 0 saturated carbocycles. The second kappa shape index (κ2) is 5.49. The summed E-state index contributed by atoms with van der Waals surface area (Å²) in [5.74, 6) is 0. The van der Waals surface area contributed by atoms with Crippen LogP contribution in [0.15, 0.2) is 24.5 Å². The summed E-state index contributed by atoms with van der Waals surface area (Å²) >= 11 is 5.92. The monoisotopic (exact) mass is 252 g/mol. The Balaban J connectivity index is 1.95. The van der Waals surface area contributed by atoms with E-state index in [1.54, 1.807) is 0 Å². The van der Waals surface area contributed by atoms with E-state index in [1.165, 1.54) is 0 Å². The van der Waals surface area contributed by atoms with Crippen molar-refractivity contribution in [1.29, 1.82) is 0 Å². The number of hydrogen-bond acceptors (Lipinski definition) is 3. The Morgan fingerprint density at radius 1 is 1.35 bits per heavy atom. The molecular weight excluding hydrogens is 236 g/mol. The summed E-state index contributed by atoms with van der Waals surface area (Å²) in [6.07, 6.45) is 3.87. The normalized spacial score (nSPS) is 11.5. The first-order chi connectivity index (χ1) is 8.15. The molecule has 2 aromatic heterocycles. The van der Waals surface area contributed by atoms with Crippen LogP contribution in [0.4, 0.5) is 0 Å². The lowest BCUT2D eigenvalue weighted by atomic mass is 10.4. The van der Waals surface area contributed by atoms with Crippen molar-refractivity contribution in [2.45, 2.75) is 6.54 Å². The number of hydrogen-bond donors (Lipinski definition) is 1. The Labute approximate surface area is 106 Å². The van der Waals surface area contributed by atoms with Gasteiger partial charge in [-0.2, -0.15) is 0 Å². The highest BCUT2D eigenvalue weighted by Crippen LogP contribution is 2.11. The third kappa shape index (κ3) is 3.43. The van der Waals surface area contributed by atoms with Crippen LogP contribution in [0.5, 0.6) is 0 Å². The molecule has 5 heteroatoms. The van der Waals surface area contributed by atoms with E-state index in [9.17, 15) is 0 Å². The van der Waals surface area contributed by atoms with Gasteiger partial charge in [-0.15, -0.1) is 0 Å². The molecule has 0 saturated heterocycles. The second-order valence-corrected chi connectivity index (χ2v) is 4.76. The Morgan fingerprint density at radius 3 is 2.94 bits per heavy atom. The summed E-state index contributed by atoms with van der Waals surface area (Å²) in [5, 5.41) is 4.08. The van der Waals surface area contributed by atoms with Crippen molar-refractivity contribution < 1.29 is 0 Å². The van der Waals surface area contributed by atoms with Gasteiger partial charge in [0.25, 0.3) is 0 Å². The molecule has 0 aliphatic heterocycles. The van der Waals surface area contributed by atoms with Crippen LogP contribution in [0.3, 0.4) is 0 Å². The zero-order valence-electron chi connectivity index (χ0n) is 10.2. The molecular formula is C12H17ClN4. The Morgan fingerprint density at radius 2 is 2.18 bits per heavy atom. The van der Waals surface area contributed by atoms with Gasteiger partial charge in [-0.1, -0.05) is 11.6 Å². The standard InChI is InChI=1S/C12H17ClN4/c1-16(2)6-5-14-7-11-9-17-8-10(13)3-4-12(17)15-11/h3-4,8-9,14H,5-7H2,1-2H3. The van der Waals surface area contributed by atoms with E-state index < -0.39 is 0 Å². The lowest BCUT2D eigenvalue weighted by Crippen LogP contribution is -2.26. The fraction of sp³-hybridized carbons (Fsp3) is 0.417. The molecule has 4 nitrogen and oxygen atoms in total. The predicted octanol–water partition coefficient (Wildman–Crippen LogP) is 1.64. The molecule has 0 aromatic carbocycles. The lowest BCUT2D eigenvalue weighted by molar-refractivity contribution is 0.399. The lowest BCUT2D eigenvalue weighted by Gasteiger charge is -2.09. The van der Waals surface area contributed by atoms with Crippen molar-refractivity contribution in [3.8, 4) is 0 Å². The second-order valence-electron chi connectivity index (χ2n) is 4.33. The molecule has 2 rings (SSSR count). The maximum Gasteiger partial charge on any atom is 0.137 e. The molecule has 0 amide bonds. The summed E-state index contributed by atoms with van der Waals surface area (Å²) in [7, 11) is 4.13. The number of pyridine rings is 1. The van der Waals surface area contributed by atoms with Gasteiger partial charge in [0.2, 0.25) is 0 Å². The molecule has 0 radical (unpaired) electrons. The minimum absolute atomic E-state index is 0.724. The van der Waals surface area contributed by atoms with E-state index in [4.69, 9.17) is 11.6 Å². The molecule has 0 aliphatic carbocycles. The van der Waals surface area contributed by atoms with Crippen LogP contribution in [0.2, 0.25) is 5.02 Å². The van der Waals surface area contributed by atoms with Gasteiger partial charge in [0.15, 0.2) is 0 Å². The zero-order chi connectivity index (χ0) is 12.3. The number of fused-ring (bicyclic) bond motifs is 1. The Kier molecular flexibility index (Phi) is 3.99. The van der Waals surface area contributed by atoms with Crippen LogP contribution < -0.4 is 5.32 Å². The zero-order valence-corrected chi connectivity index (χ0v) is 10.9. The van der Waals surface area contributed by atoms with E-state index in [2.05, 4.69) is 29.3 Å². The summed E-state index contributed by atoms with van der Waals surface area (Å²) in [6.45, 7) is 2.77. The van der Waals surface area contributed by atoms with Crippen molar-refractivity contribution in [1.82, 2.24) is 19.6 Å². The third-order valence-electron chi connectivity index (χ3n) is 2.51. The minimum atomic E-state index is 0.724. The first-order valence-electron chi connectivity index (χ1n) is 5.64. The molecule has 0 spiro atoms. The van der Waals surface area contributed by atoms with Crippen molar-refractivity contribution in [3.63, 3.8) is 0 Å². The van der Waals surface area contributed by atoms with E-state index in [1.807, 2.05) is 28.9 Å². The molecule has 0 atom stereocenters. The number of aromatic nitrogens is 2. The van der Waals surface area contributed by atoms with Crippen LogP contribution in [0.1, 0.15) is 5.69 Å². The number of rotatable bonds is 5. The minimum Gasteiger partial charge on any atom is -0.310 e. The SMILES string of the molecule is CN(C)CCNCc1cn2cc(Cl)ccc2n1. The summed E-state index contributed by atoms with van der Waals surface area (Å²) in [4.78, 5) is 6.65. The van der Waals surface area contributed by atoms with Gasteiger partial charge in [0.05, 0.1) is 10.7 Å². The quantitative estimate of drug-likeness (QED) is 0.822. The van der Waals surface area contributed by atoms with Gasteiger partial charge >= 0.3 is 0 Å². The van der Waals surface area contributed by atoms with Gasteiger partial charge in [-0.05, 0) is 26.2 Å². The number of nitrogens with one attached hydrogen (secondary N) is 1. The van der Waals surface area contributed by atoms with E-state index in [-0.39, 0.29) is 0 Å². The number of imidazole rings is 1. The Hall–Kier alpha value is -1.10. The summed E-state index contributed by atoms with van der Waals surface area (Å²) < 4.78 is 1.95. The first kappa shape index (κ1) is 12.4. The van der Waals surface area contributed by atoms with E-state index in [0.29, 0.717) is 0 Å². The third-order valence-corrected chi connectivity index (χ3v) is 2.73. The molecule has 0 unspecified atom stereocenters. The summed E-state index contributed by atoms with van der Waals surface area (Å²) in [6, 6.07) is 3.78. The fourth-order valence-corrected chi connectivity index (χ4v) is 1.79. The molecule has 1 N–H and O–H groups in total. The molecule has 0 fully saturated rings. The predicted molar refractivity (Wildman–Crippen MR) is 70.5 cm³/mol. The molecule has 2 heterocycles. The van der Waals surface area contributed by atoms with Gasteiger partial charge in [-0.3, -0.25) is 0 Å². The van der Waals surface area contributed by atoms with Crippen LogP contribution in [0, 0.1) is 0 Å². The van der Waals surface area contributed by atoms with Gasteiger partial charge in [0, 0.05) is 32.0 Å². The molecule has 2 aromatic rings. The van der Waals surface area contributed by atoms with Gasteiger partial charge in [-0.25, -0.2) is 4.98 Å². The first-order valence-corrected chi connectivity index (χ1v) is 6.01. The van der Waals surface area contributed by atoms with Crippen LogP contribution in [0.25, 0.3) is 5.65 Å². The van der Waals surface area contributed by atoms with Crippen molar-refractivity contribution in [3.05, 3.63) is 35.2 Å². The van der Waals surface area contributed by atoms with E-state index in [0.717, 1.165) is 36.0 Å². The number of likely N-dealkylation sites (N-methyl/N-ethyl adjacent to an activating group) is 1. The van der Waals surface area contributed by atoms with Crippen molar-refractivity contribution in [2.75, 3.05) is 27.2 Å². The highest BCUT2D eigenvalue weighted by Gasteiger charge is 2.01. The molecule has 92 valence electrons. The van der Waals surface area contributed by atoms with Crippen molar-refractivity contribution in [2.24, 2.45) is 0 Å². The largest absolute Gasteiger partial charge is 0.310 e.